The zero-order valence-corrected chi connectivity index (χ0v) is 14.6. The predicted octanol–water partition coefficient (Wildman–Crippen LogP) is 3.17. The molecule has 0 aliphatic heterocycles. The maximum absolute atomic E-state index is 5.25. The van der Waals surface area contributed by atoms with Crippen molar-refractivity contribution in [3.8, 4) is 0 Å². The van der Waals surface area contributed by atoms with Crippen LogP contribution < -0.4 is 5.32 Å². The maximum atomic E-state index is 5.25. The van der Waals surface area contributed by atoms with Gasteiger partial charge in [-0.05, 0) is 43.5 Å². The number of likely N-dealkylation sites (N-methyl/N-ethyl adjacent to an activating group) is 1. The summed E-state index contributed by atoms with van der Waals surface area (Å²) in [6.45, 7) is 12.8. The lowest BCUT2D eigenvalue weighted by Crippen LogP contribution is -2.38. The Hall–Kier alpha value is -0.900. The van der Waals surface area contributed by atoms with E-state index < -0.39 is 0 Å². The summed E-state index contributed by atoms with van der Waals surface area (Å²) in [6.07, 6.45) is 0. The van der Waals surface area contributed by atoms with Crippen molar-refractivity contribution in [3.63, 3.8) is 0 Å². The Morgan fingerprint density at radius 1 is 1.14 bits per heavy atom. The van der Waals surface area contributed by atoms with Gasteiger partial charge in [0.25, 0.3) is 0 Å². The van der Waals surface area contributed by atoms with E-state index in [0.29, 0.717) is 12.0 Å². The fourth-order valence-electron chi connectivity index (χ4n) is 2.60. The third kappa shape index (κ3) is 6.16. The van der Waals surface area contributed by atoms with Crippen molar-refractivity contribution in [1.82, 2.24) is 10.2 Å². The summed E-state index contributed by atoms with van der Waals surface area (Å²) in [6, 6.07) is 7.13. The summed E-state index contributed by atoms with van der Waals surface area (Å²) in [5.74, 6) is 0.666. The van der Waals surface area contributed by atoms with Crippen LogP contribution in [0.2, 0.25) is 0 Å². The van der Waals surface area contributed by atoms with E-state index in [1.807, 2.05) is 7.05 Å². The Balaban J connectivity index is 2.78. The molecule has 0 heterocycles. The van der Waals surface area contributed by atoms with Crippen LogP contribution in [0.1, 0.15) is 36.6 Å². The summed E-state index contributed by atoms with van der Waals surface area (Å²) in [7, 11) is 3.82. The molecule has 1 aromatic rings. The van der Waals surface area contributed by atoms with Gasteiger partial charge in [-0.15, -0.1) is 0 Å². The van der Waals surface area contributed by atoms with Gasteiger partial charge in [-0.25, -0.2) is 0 Å². The monoisotopic (exact) mass is 292 g/mol. The summed E-state index contributed by atoms with van der Waals surface area (Å²) in [5, 5.41) is 3.46. The Morgan fingerprint density at radius 2 is 1.86 bits per heavy atom. The number of aryl methyl sites for hydroxylation is 2. The van der Waals surface area contributed by atoms with Crippen molar-refractivity contribution in [1.29, 1.82) is 0 Å². The van der Waals surface area contributed by atoms with E-state index in [1.54, 1.807) is 7.11 Å². The number of nitrogens with zero attached hydrogens (tertiary/aromatic N) is 1. The summed E-state index contributed by atoms with van der Waals surface area (Å²) >= 11 is 0. The molecule has 3 nitrogen and oxygen atoms in total. The lowest BCUT2D eigenvalue weighted by atomic mass is 10.0. The van der Waals surface area contributed by atoms with Crippen molar-refractivity contribution in [2.75, 3.05) is 40.4 Å². The number of nitrogens with one attached hydrogen (secondary N) is 1. The van der Waals surface area contributed by atoms with Gasteiger partial charge in [0.1, 0.15) is 0 Å². The molecule has 1 atom stereocenters. The number of hydrogen-bond acceptors (Lipinski definition) is 3. The van der Waals surface area contributed by atoms with Crippen LogP contribution in [0.25, 0.3) is 0 Å². The fraction of sp³-hybridized carbons (Fsp3) is 0.667. The van der Waals surface area contributed by atoms with Crippen molar-refractivity contribution in [3.05, 3.63) is 34.9 Å². The van der Waals surface area contributed by atoms with Gasteiger partial charge in [0.15, 0.2) is 0 Å². The first-order chi connectivity index (χ1) is 9.97. The SMILES string of the molecule is CNC(CN(CCOC)CC(C)C)c1ccc(C)c(C)c1. The van der Waals surface area contributed by atoms with Crippen molar-refractivity contribution in [2.24, 2.45) is 5.92 Å². The summed E-state index contributed by atoms with van der Waals surface area (Å²) < 4.78 is 5.25. The fourth-order valence-corrected chi connectivity index (χ4v) is 2.60. The van der Waals surface area contributed by atoms with E-state index in [9.17, 15) is 0 Å². The lowest BCUT2D eigenvalue weighted by molar-refractivity contribution is 0.133. The molecule has 1 aromatic carbocycles. The first kappa shape index (κ1) is 18.1. The molecule has 1 N–H and O–H groups in total. The molecule has 0 fully saturated rings. The average Bonchev–Trinajstić information content (AvgIpc) is 2.44. The van der Waals surface area contributed by atoms with Crippen molar-refractivity contribution < 1.29 is 4.74 Å². The predicted molar refractivity (Wildman–Crippen MR) is 90.9 cm³/mol. The Morgan fingerprint density at radius 3 is 2.38 bits per heavy atom. The van der Waals surface area contributed by atoms with E-state index in [1.165, 1.54) is 16.7 Å². The largest absolute Gasteiger partial charge is 0.383 e. The Kier molecular flexibility index (Phi) is 7.94. The molecule has 3 heteroatoms. The molecular formula is C18H32N2O. The minimum atomic E-state index is 0.361. The van der Waals surface area contributed by atoms with Crippen LogP contribution in [0.3, 0.4) is 0 Å². The van der Waals surface area contributed by atoms with Gasteiger partial charge in [0.05, 0.1) is 6.61 Å². The zero-order valence-electron chi connectivity index (χ0n) is 14.6. The minimum absolute atomic E-state index is 0.361. The molecule has 0 bridgehead atoms. The van der Waals surface area contributed by atoms with Gasteiger partial charge in [0, 0.05) is 32.8 Å². The molecule has 0 saturated heterocycles. The lowest BCUT2D eigenvalue weighted by Gasteiger charge is -2.29. The van der Waals surface area contributed by atoms with Gasteiger partial charge in [0.2, 0.25) is 0 Å². The van der Waals surface area contributed by atoms with Crippen molar-refractivity contribution in [2.45, 2.75) is 33.7 Å². The van der Waals surface area contributed by atoms with E-state index in [0.717, 1.165) is 26.2 Å². The van der Waals surface area contributed by atoms with E-state index in [4.69, 9.17) is 4.74 Å². The molecule has 0 spiro atoms. The number of ether oxygens (including phenoxy) is 1. The van der Waals surface area contributed by atoms with Crippen LogP contribution in [-0.2, 0) is 4.74 Å². The van der Waals surface area contributed by atoms with Crippen LogP contribution >= 0.6 is 0 Å². The highest BCUT2D eigenvalue weighted by Gasteiger charge is 2.16. The van der Waals surface area contributed by atoms with Gasteiger partial charge < -0.3 is 10.1 Å². The second-order valence-electron chi connectivity index (χ2n) is 6.33. The number of rotatable bonds is 9. The van der Waals surface area contributed by atoms with Gasteiger partial charge >= 0.3 is 0 Å². The quantitative estimate of drug-likeness (QED) is 0.756. The molecule has 1 unspecified atom stereocenters. The topological polar surface area (TPSA) is 24.5 Å². The van der Waals surface area contributed by atoms with Crippen molar-refractivity contribution >= 4 is 0 Å². The van der Waals surface area contributed by atoms with Crippen LogP contribution in [0.5, 0.6) is 0 Å². The number of hydrogen-bond donors (Lipinski definition) is 1. The van der Waals surface area contributed by atoms with Crippen LogP contribution in [0.15, 0.2) is 18.2 Å². The van der Waals surface area contributed by atoms with E-state index >= 15 is 0 Å². The minimum Gasteiger partial charge on any atom is -0.383 e. The Bertz CT molecular complexity index is 418. The first-order valence-corrected chi connectivity index (χ1v) is 7.93. The summed E-state index contributed by atoms with van der Waals surface area (Å²) in [5.41, 5.74) is 4.08. The Labute approximate surface area is 130 Å². The van der Waals surface area contributed by atoms with Gasteiger partial charge in [-0.2, -0.15) is 0 Å². The molecule has 0 aliphatic rings. The van der Waals surface area contributed by atoms with E-state index in [-0.39, 0.29) is 0 Å². The normalized spacial score (nSPS) is 13.1. The maximum Gasteiger partial charge on any atom is 0.0589 e. The highest BCUT2D eigenvalue weighted by molar-refractivity contribution is 5.31. The highest BCUT2D eigenvalue weighted by atomic mass is 16.5. The van der Waals surface area contributed by atoms with E-state index in [2.05, 4.69) is 56.1 Å². The molecule has 1 rings (SSSR count). The molecule has 0 saturated carbocycles. The number of benzene rings is 1. The first-order valence-electron chi connectivity index (χ1n) is 7.93. The second-order valence-corrected chi connectivity index (χ2v) is 6.33. The molecule has 120 valence electrons. The molecule has 0 aliphatic carbocycles. The second kappa shape index (κ2) is 9.19. The molecule has 0 radical (unpaired) electrons. The zero-order chi connectivity index (χ0) is 15.8. The van der Waals surface area contributed by atoms with Crippen LogP contribution in [0, 0.1) is 19.8 Å². The summed E-state index contributed by atoms with van der Waals surface area (Å²) in [4.78, 5) is 2.49. The molecule has 21 heavy (non-hydrogen) atoms. The van der Waals surface area contributed by atoms with Gasteiger partial charge in [-0.3, -0.25) is 4.90 Å². The van der Waals surface area contributed by atoms with Gasteiger partial charge in [-0.1, -0.05) is 32.0 Å². The molecule has 0 aromatic heterocycles. The molecule has 0 amide bonds. The highest BCUT2D eigenvalue weighted by Crippen LogP contribution is 2.18. The average molecular weight is 292 g/mol. The third-order valence-electron chi connectivity index (χ3n) is 3.96. The van der Waals surface area contributed by atoms with Crippen LogP contribution in [-0.4, -0.2) is 45.3 Å². The number of methoxy groups -OCH3 is 1. The van der Waals surface area contributed by atoms with Crippen LogP contribution in [0.4, 0.5) is 0 Å². The molecular weight excluding hydrogens is 260 g/mol. The smallest absolute Gasteiger partial charge is 0.0589 e. The third-order valence-corrected chi connectivity index (χ3v) is 3.96. The standard InChI is InChI=1S/C18H32N2O/c1-14(2)12-20(9-10-21-6)13-18(19-5)17-8-7-15(3)16(4)11-17/h7-8,11,14,18-19H,9-10,12-13H2,1-6H3.